The minimum absolute atomic E-state index is 0.634. The van der Waals surface area contributed by atoms with E-state index in [1.54, 1.807) is 0 Å². The van der Waals surface area contributed by atoms with Gasteiger partial charge >= 0.3 is 0 Å². The third-order valence-corrected chi connectivity index (χ3v) is 3.98. The van der Waals surface area contributed by atoms with Gasteiger partial charge in [-0.2, -0.15) is 0 Å². The summed E-state index contributed by atoms with van der Waals surface area (Å²) in [5.41, 5.74) is 3.83. The zero-order valence-electron chi connectivity index (χ0n) is 12.1. The molecule has 2 heteroatoms. The fraction of sp³-hybridized carbons (Fsp3) is 0.471. The van der Waals surface area contributed by atoms with Gasteiger partial charge in [-0.15, -0.1) is 0 Å². The molecule has 2 rings (SSSR count). The summed E-state index contributed by atoms with van der Waals surface area (Å²) in [4.78, 5) is 7.09. The highest BCUT2D eigenvalue weighted by Gasteiger charge is 2.21. The number of pyridine rings is 1. The van der Waals surface area contributed by atoms with Gasteiger partial charge in [-0.1, -0.05) is 24.8 Å². The molecule has 0 amide bonds. The summed E-state index contributed by atoms with van der Waals surface area (Å²) in [5.74, 6) is 0.634. The first-order chi connectivity index (χ1) is 9.22. The second-order valence-corrected chi connectivity index (χ2v) is 5.38. The maximum atomic E-state index is 4.57. The number of rotatable bonds is 4. The predicted octanol–water partition coefficient (Wildman–Crippen LogP) is 3.70. The summed E-state index contributed by atoms with van der Waals surface area (Å²) in [6.07, 6.45) is 8.53. The molecule has 0 spiro atoms. The summed E-state index contributed by atoms with van der Waals surface area (Å²) in [6.45, 7) is 11.4. The molecule has 2 heterocycles. The molecule has 1 aliphatic rings. The van der Waals surface area contributed by atoms with Crippen LogP contribution in [0.25, 0.3) is 0 Å². The van der Waals surface area contributed by atoms with Crippen molar-refractivity contribution in [1.82, 2.24) is 9.88 Å². The standard InChI is InChI=1S/C17H24N2/c1-4-15(5-2)13-19-10-8-16(9-11-19)17-7-6-14(3)12-18-17/h4-7,12,16H,1,8-11,13H2,2-3H3/b15-5+. The van der Waals surface area contributed by atoms with E-state index in [9.17, 15) is 0 Å². The van der Waals surface area contributed by atoms with E-state index in [0.29, 0.717) is 5.92 Å². The average molecular weight is 256 g/mol. The summed E-state index contributed by atoms with van der Waals surface area (Å²) in [5, 5.41) is 0. The third-order valence-electron chi connectivity index (χ3n) is 3.98. The monoisotopic (exact) mass is 256 g/mol. The summed E-state index contributed by atoms with van der Waals surface area (Å²) >= 11 is 0. The Hall–Kier alpha value is -1.41. The fourth-order valence-corrected chi connectivity index (χ4v) is 2.64. The van der Waals surface area contributed by atoms with Crippen LogP contribution >= 0.6 is 0 Å². The summed E-state index contributed by atoms with van der Waals surface area (Å²) in [6, 6.07) is 4.36. The van der Waals surface area contributed by atoms with E-state index in [-0.39, 0.29) is 0 Å². The normalized spacial score (nSPS) is 18.5. The number of allylic oxidation sites excluding steroid dienone is 1. The van der Waals surface area contributed by atoms with Crippen LogP contribution in [0.1, 0.15) is 36.9 Å². The zero-order chi connectivity index (χ0) is 13.7. The molecule has 0 N–H and O–H groups in total. The van der Waals surface area contributed by atoms with Crippen LogP contribution in [0.2, 0.25) is 0 Å². The smallest absolute Gasteiger partial charge is 0.0435 e. The lowest BCUT2D eigenvalue weighted by molar-refractivity contribution is 0.228. The van der Waals surface area contributed by atoms with Gasteiger partial charge in [0.1, 0.15) is 0 Å². The first-order valence-corrected chi connectivity index (χ1v) is 7.15. The average Bonchev–Trinajstić information content (AvgIpc) is 2.46. The Morgan fingerprint density at radius 3 is 2.68 bits per heavy atom. The Morgan fingerprint density at radius 1 is 1.42 bits per heavy atom. The van der Waals surface area contributed by atoms with Crippen LogP contribution in [0.4, 0.5) is 0 Å². The van der Waals surface area contributed by atoms with E-state index in [0.717, 1.165) is 19.6 Å². The lowest BCUT2D eigenvalue weighted by Gasteiger charge is -2.32. The highest BCUT2D eigenvalue weighted by atomic mass is 15.1. The van der Waals surface area contributed by atoms with Crippen LogP contribution in [0, 0.1) is 6.92 Å². The van der Waals surface area contributed by atoms with Crippen LogP contribution < -0.4 is 0 Å². The molecule has 0 saturated carbocycles. The highest BCUT2D eigenvalue weighted by Crippen LogP contribution is 2.26. The van der Waals surface area contributed by atoms with E-state index in [1.807, 2.05) is 12.3 Å². The van der Waals surface area contributed by atoms with Crippen LogP contribution in [0.3, 0.4) is 0 Å². The van der Waals surface area contributed by atoms with E-state index < -0.39 is 0 Å². The SMILES string of the molecule is C=C/C(=C\C)CN1CCC(c2ccc(C)cn2)CC1. The Morgan fingerprint density at radius 2 is 2.16 bits per heavy atom. The van der Waals surface area contributed by atoms with Gasteiger partial charge in [-0.05, 0) is 57.0 Å². The molecule has 2 nitrogen and oxygen atoms in total. The van der Waals surface area contributed by atoms with Crippen LogP contribution in [0.15, 0.2) is 42.6 Å². The molecule has 1 aliphatic heterocycles. The Labute approximate surface area is 116 Å². The summed E-state index contributed by atoms with van der Waals surface area (Å²) in [7, 11) is 0. The second kappa shape index (κ2) is 6.67. The van der Waals surface area contributed by atoms with Gasteiger partial charge in [0, 0.05) is 24.4 Å². The van der Waals surface area contributed by atoms with Crippen molar-refractivity contribution in [2.24, 2.45) is 0 Å². The minimum Gasteiger partial charge on any atom is -0.299 e. The molecule has 102 valence electrons. The molecule has 1 aromatic rings. The molecule has 0 aliphatic carbocycles. The van der Waals surface area contributed by atoms with Crippen molar-refractivity contribution in [3.63, 3.8) is 0 Å². The van der Waals surface area contributed by atoms with E-state index in [2.05, 4.69) is 48.5 Å². The van der Waals surface area contributed by atoms with Gasteiger partial charge in [0.15, 0.2) is 0 Å². The quantitative estimate of drug-likeness (QED) is 0.764. The number of nitrogens with zero attached hydrogens (tertiary/aromatic N) is 2. The van der Waals surface area contributed by atoms with Crippen molar-refractivity contribution < 1.29 is 0 Å². The number of piperidine rings is 1. The van der Waals surface area contributed by atoms with Crippen LogP contribution in [-0.4, -0.2) is 29.5 Å². The van der Waals surface area contributed by atoms with Crippen molar-refractivity contribution in [3.8, 4) is 0 Å². The second-order valence-electron chi connectivity index (χ2n) is 5.38. The zero-order valence-corrected chi connectivity index (χ0v) is 12.1. The Bertz CT molecular complexity index is 437. The first kappa shape index (κ1) is 14.0. The Balaban J connectivity index is 1.88. The number of likely N-dealkylation sites (tertiary alicyclic amines) is 1. The van der Waals surface area contributed by atoms with Gasteiger partial charge in [-0.3, -0.25) is 9.88 Å². The number of aromatic nitrogens is 1. The largest absolute Gasteiger partial charge is 0.299 e. The van der Waals surface area contributed by atoms with Crippen molar-refractivity contribution in [2.75, 3.05) is 19.6 Å². The molecule has 0 atom stereocenters. The number of hydrogen-bond donors (Lipinski definition) is 0. The van der Waals surface area contributed by atoms with Crippen LogP contribution in [0.5, 0.6) is 0 Å². The third kappa shape index (κ3) is 3.77. The first-order valence-electron chi connectivity index (χ1n) is 7.15. The van der Waals surface area contributed by atoms with Crippen molar-refractivity contribution in [3.05, 3.63) is 53.9 Å². The molecule has 1 fully saturated rings. The van der Waals surface area contributed by atoms with E-state index in [1.165, 1.54) is 29.7 Å². The Kier molecular flexibility index (Phi) is 4.92. The topological polar surface area (TPSA) is 16.1 Å². The molecule has 0 aromatic carbocycles. The molecule has 19 heavy (non-hydrogen) atoms. The molecule has 0 radical (unpaired) electrons. The number of hydrogen-bond acceptors (Lipinski definition) is 2. The fourth-order valence-electron chi connectivity index (χ4n) is 2.64. The molecule has 0 unspecified atom stereocenters. The van der Waals surface area contributed by atoms with Gasteiger partial charge in [0.2, 0.25) is 0 Å². The van der Waals surface area contributed by atoms with E-state index in [4.69, 9.17) is 0 Å². The predicted molar refractivity (Wildman–Crippen MR) is 81.3 cm³/mol. The maximum absolute atomic E-state index is 4.57. The summed E-state index contributed by atoms with van der Waals surface area (Å²) < 4.78 is 0. The molecule has 1 saturated heterocycles. The van der Waals surface area contributed by atoms with Crippen molar-refractivity contribution >= 4 is 0 Å². The molecular weight excluding hydrogens is 232 g/mol. The molecule has 1 aromatic heterocycles. The lowest BCUT2D eigenvalue weighted by Crippen LogP contribution is -2.34. The lowest BCUT2D eigenvalue weighted by atomic mass is 9.92. The van der Waals surface area contributed by atoms with Crippen LogP contribution in [-0.2, 0) is 0 Å². The van der Waals surface area contributed by atoms with Gasteiger partial charge in [0.05, 0.1) is 0 Å². The van der Waals surface area contributed by atoms with Crippen molar-refractivity contribution in [1.29, 1.82) is 0 Å². The number of aryl methyl sites for hydroxylation is 1. The van der Waals surface area contributed by atoms with E-state index >= 15 is 0 Å². The van der Waals surface area contributed by atoms with Crippen molar-refractivity contribution in [2.45, 2.75) is 32.6 Å². The molecular formula is C17H24N2. The van der Waals surface area contributed by atoms with Gasteiger partial charge in [-0.25, -0.2) is 0 Å². The maximum Gasteiger partial charge on any atom is 0.0435 e. The minimum atomic E-state index is 0.634. The molecule has 0 bridgehead atoms. The highest BCUT2D eigenvalue weighted by molar-refractivity contribution is 5.18. The van der Waals surface area contributed by atoms with Gasteiger partial charge < -0.3 is 0 Å². The van der Waals surface area contributed by atoms with Gasteiger partial charge in [0.25, 0.3) is 0 Å².